The molecule has 2 rings (SSSR count). The van der Waals surface area contributed by atoms with Crippen LogP contribution in [0.25, 0.3) is 0 Å². The quantitative estimate of drug-likeness (QED) is 0.864. The first-order chi connectivity index (χ1) is 7.95. The molecule has 6 heteroatoms. The van der Waals surface area contributed by atoms with Crippen LogP contribution in [0, 0.1) is 17.1 Å². The monoisotopic (exact) mass is 254 g/mol. The van der Waals surface area contributed by atoms with Gasteiger partial charge in [-0.25, -0.2) is 12.8 Å². The van der Waals surface area contributed by atoms with E-state index in [2.05, 4.69) is 5.32 Å². The normalized spacial score (nSPS) is 26.4. The Kier molecular flexibility index (Phi) is 2.79. The second-order valence-corrected chi connectivity index (χ2v) is 6.36. The lowest BCUT2D eigenvalue weighted by molar-refractivity contribution is 0.599. The fraction of sp³-hybridized carbons (Fsp3) is 0.364. The van der Waals surface area contributed by atoms with Crippen molar-refractivity contribution in [1.82, 2.24) is 0 Å². The molecular weight excluding hydrogens is 243 g/mol. The van der Waals surface area contributed by atoms with Gasteiger partial charge in [0.15, 0.2) is 9.84 Å². The first kappa shape index (κ1) is 11.9. The highest BCUT2D eigenvalue weighted by Gasteiger charge is 2.42. The lowest BCUT2D eigenvalue weighted by atomic mass is 10.0. The Morgan fingerprint density at radius 3 is 2.76 bits per heavy atom. The summed E-state index contributed by atoms with van der Waals surface area (Å²) in [6.45, 7) is 0. The van der Waals surface area contributed by atoms with Crippen LogP contribution in [0.15, 0.2) is 24.3 Å². The van der Waals surface area contributed by atoms with Gasteiger partial charge < -0.3 is 5.32 Å². The second-order valence-electron chi connectivity index (χ2n) is 4.17. The number of hydrogen-bond acceptors (Lipinski definition) is 4. The van der Waals surface area contributed by atoms with Gasteiger partial charge in [0, 0.05) is 5.69 Å². The molecule has 1 atom stereocenters. The fourth-order valence-corrected chi connectivity index (χ4v) is 3.74. The van der Waals surface area contributed by atoms with E-state index in [0.717, 1.165) is 0 Å². The van der Waals surface area contributed by atoms with E-state index in [1.165, 1.54) is 18.2 Å². The van der Waals surface area contributed by atoms with E-state index in [4.69, 9.17) is 5.26 Å². The third-order valence-corrected chi connectivity index (χ3v) is 4.49. The number of hydrogen-bond donors (Lipinski definition) is 1. The van der Waals surface area contributed by atoms with E-state index < -0.39 is 21.2 Å². The zero-order valence-corrected chi connectivity index (χ0v) is 9.80. The number of sulfone groups is 1. The molecule has 0 radical (unpaired) electrons. The van der Waals surface area contributed by atoms with Gasteiger partial charge in [0.2, 0.25) is 0 Å². The maximum atomic E-state index is 13.0. The average molecular weight is 254 g/mol. The highest BCUT2D eigenvalue weighted by atomic mass is 32.2. The van der Waals surface area contributed by atoms with Gasteiger partial charge in [-0.3, -0.25) is 0 Å². The van der Waals surface area contributed by atoms with Crippen molar-refractivity contribution in [3.63, 3.8) is 0 Å². The Labute approximate surface area is 99.0 Å². The first-order valence-corrected chi connectivity index (χ1v) is 6.92. The number of nitrogens with zero attached hydrogens (tertiary/aromatic N) is 1. The summed E-state index contributed by atoms with van der Waals surface area (Å²) in [6.07, 6.45) is 0.225. The molecule has 17 heavy (non-hydrogen) atoms. The Balaban J connectivity index is 2.26. The Morgan fingerprint density at radius 1 is 1.47 bits per heavy atom. The van der Waals surface area contributed by atoms with Crippen molar-refractivity contribution >= 4 is 15.5 Å². The molecule has 1 aliphatic heterocycles. The molecule has 1 N–H and O–H groups in total. The average Bonchev–Trinajstić information content (AvgIpc) is 2.55. The SMILES string of the molecule is N#CC1(Nc2cccc(F)c2)CCS(=O)(=O)C1. The van der Waals surface area contributed by atoms with E-state index in [1.807, 2.05) is 6.07 Å². The topological polar surface area (TPSA) is 70.0 Å². The van der Waals surface area contributed by atoms with Gasteiger partial charge in [0.25, 0.3) is 0 Å². The van der Waals surface area contributed by atoms with Crippen LogP contribution in [0.2, 0.25) is 0 Å². The van der Waals surface area contributed by atoms with Gasteiger partial charge >= 0.3 is 0 Å². The number of anilines is 1. The van der Waals surface area contributed by atoms with Crippen LogP contribution in [0.3, 0.4) is 0 Å². The van der Waals surface area contributed by atoms with Gasteiger partial charge in [0.1, 0.15) is 11.4 Å². The van der Waals surface area contributed by atoms with Crippen molar-refractivity contribution in [3.05, 3.63) is 30.1 Å². The highest BCUT2D eigenvalue weighted by molar-refractivity contribution is 7.91. The number of benzene rings is 1. The third-order valence-electron chi connectivity index (χ3n) is 2.73. The maximum absolute atomic E-state index is 13.0. The lowest BCUT2D eigenvalue weighted by Crippen LogP contribution is -2.37. The predicted octanol–water partition coefficient (Wildman–Crippen LogP) is 1.32. The molecule has 0 aromatic heterocycles. The molecule has 1 aromatic carbocycles. The van der Waals surface area contributed by atoms with Gasteiger partial charge in [-0.2, -0.15) is 5.26 Å². The summed E-state index contributed by atoms with van der Waals surface area (Å²) in [6, 6.07) is 7.63. The molecule has 0 saturated carbocycles. The van der Waals surface area contributed by atoms with E-state index in [-0.39, 0.29) is 17.9 Å². The van der Waals surface area contributed by atoms with Crippen LogP contribution in [0.5, 0.6) is 0 Å². The van der Waals surface area contributed by atoms with Gasteiger partial charge in [-0.1, -0.05) is 6.07 Å². The van der Waals surface area contributed by atoms with Crippen LogP contribution in [0.4, 0.5) is 10.1 Å². The number of halogens is 1. The summed E-state index contributed by atoms with van der Waals surface area (Å²) < 4.78 is 35.8. The summed E-state index contributed by atoms with van der Waals surface area (Å²) in [7, 11) is -3.17. The molecule has 1 aliphatic rings. The van der Waals surface area contributed by atoms with Crippen molar-refractivity contribution in [1.29, 1.82) is 5.26 Å². The van der Waals surface area contributed by atoms with E-state index in [9.17, 15) is 12.8 Å². The van der Waals surface area contributed by atoms with Crippen LogP contribution in [-0.4, -0.2) is 25.5 Å². The van der Waals surface area contributed by atoms with Gasteiger partial charge in [-0.15, -0.1) is 0 Å². The maximum Gasteiger partial charge on any atom is 0.153 e. The lowest BCUT2D eigenvalue weighted by Gasteiger charge is -2.21. The van der Waals surface area contributed by atoms with Crippen LogP contribution >= 0.6 is 0 Å². The van der Waals surface area contributed by atoms with Crippen LogP contribution in [0.1, 0.15) is 6.42 Å². The van der Waals surface area contributed by atoms with E-state index in [0.29, 0.717) is 5.69 Å². The molecule has 0 spiro atoms. The van der Waals surface area contributed by atoms with Crippen molar-refractivity contribution in [3.8, 4) is 6.07 Å². The predicted molar refractivity (Wildman–Crippen MR) is 61.6 cm³/mol. The van der Waals surface area contributed by atoms with Crippen LogP contribution < -0.4 is 5.32 Å². The summed E-state index contributed by atoms with van der Waals surface area (Å²) in [4.78, 5) is 0. The summed E-state index contributed by atoms with van der Waals surface area (Å²) in [5, 5.41) is 11.9. The molecule has 1 fully saturated rings. The molecule has 1 saturated heterocycles. The zero-order valence-electron chi connectivity index (χ0n) is 8.98. The Bertz CT molecular complexity index is 579. The minimum Gasteiger partial charge on any atom is -0.366 e. The van der Waals surface area contributed by atoms with Crippen molar-refractivity contribution < 1.29 is 12.8 Å². The summed E-state index contributed by atoms with van der Waals surface area (Å²) in [5.41, 5.74) is -0.712. The minimum atomic E-state index is -3.17. The summed E-state index contributed by atoms with van der Waals surface area (Å²) in [5.74, 6) is -0.667. The van der Waals surface area contributed by atoms with E-state index >= 15 is 0 Å². The standard InChI is InChI=1S/C11H11FN2O2S/c12-9-2-1-3-10(6-9)14-11(7-13)4-5-17(15,16)8-11/h1-3,6,14H,4-5,8H2. The molecule has 90 valence electrons. The molecule has 0 amide bonds. The molecule has 0 aliphatic carbocycles. The van der Waals surface area contributed by atoms with Crippen molar-refractivity contribution in [2.24, 2.45) is 0 Å². The first-order valence-electron chi connectivity index (χ1n) is 5.10. The smallest absolute Gasteiger partial charge is 0.153 e. The largest absolute Gasteiger partial charge is 0.366 e. The number of rotatable bonds is 2. The molecule has 1 aromatic rings. The Morgan fingerprint density at radius 2 is 2.24 bits per heavy atom. The van der Waals surface area contributed by atoms with Crippen molar-refractivity contribution in [2.45, 2.75) is 12.0 Å². The molecule has 4 nitrogen and oxygen atoms in total. The third kappa shape index (κ3) is 2.56. The summed E-state index contributed by atoms with van der Waals surface area (Å²) >= 11 is 0. The minimum absolute atomic E-state index is 0.0110. The van der Waals surface area contributed by atoms with Gasteiger partial charge in [-0.05, 0) is 24.6 Å². The Hall–Kier alpha value is -1.61. The molecule has 1 heterocycles. The van der Waals surface area contributed by atoms with Gasteiger partial charge in [0.05, 0.1) is 17.6 Å². The van der Waals surface area contributed by atoms with Crippen LogP contribution in [-0.2, 0) is 9.84 Å². The zero-order chi connectivity index (χ0) is 12.5. The van der Waals surface area contributed by atoms with E-state index in [1.54, 1.807) is 6.07 Å². The molecule has 0 bridgehead atoms. The molecular formula is C11H11FN2O2S. The fourth-order valence-electron chi connectivity index (χ4n) is 1.91. The molecule has 1 unspecified atom stereocenters. The number of nitrogens with one attached hydrogen (secondary N) is 1. The highest BCUT2D eigenvalue weighted by Crippen LogP contribution is 2.27. The second kappa shape index (κ2) is 4.00. The van der Waals surface area contributed by atoms with Crippen molar-refractivity contribution in [2.75, 3.05) is 16.8 Å². The number of nitriles is 1.